The number of aromatic hydroxyl groups is 1. The molecule has 0 saturated heterocycles. The number of hydrogen-bond donors (Lipinski definition) is 1. The summed E-state index contributed by atoms with van der Waals surface area (Å²) in [5.74, 6) is 0.0393. The molecule has 0 spiro atoms. The van der Waals surface area contributed by atoms with Crippen molar-refractivity contribution in [1.82, 2.24) is 24.6 Å². The van der Waals surface area contributed by atoms with Gasteiger partial charge in [-0.05, 0) is 19.2 Å². The Labute approximate surface area is 113 Å². The van der Waals surface area contributed by atoms with Crippen LogP contribution in [0.4, 0.5) is 0 Å². The number of fused-ring (bicyclic) bond motifs is 1. The van der Waals surface area contributed by atoms with Crippen LogP contribution in [0.25, 0.3) is 17.0 Å². The van der Waals surface area contributed by atoms with E-state index in [-0.39, 0.29) is 5.88 Å². The summed E-state index contributed by atoms with van der Waals surface area (Å²) in [7, 11) is 0. The number of hydrogen-bond acceptors (Lipinski definition) is 6. The molecule has 6 nitrogen and oxygen atoms in total. The highest BCUT2D eigenvalue weighted by Gasteiger charge is 2.11. The van der Waals surface area contributed by atoms with Gasteiger partial charge in [0.15, 0.2) is 10.8 Å². The molecule has 0 amide bonds. The smallest absolute Gasteiger partial charge is 0.216 e. The standard InChI is InChI=1S/C12H11N5OS/c1-7-6-14-17-10(18)5-9(15-11(7)17)8-3-4-13-12(16-8)19-2/h3-6,18H,1-2H3. The van der Waals surface area contributed by atoms with Gasteiger partial charge in [0, 0.05) is 17.8 Å². The van der Waals surface area contributed by atoms with Gasteiger partial charge in [-0.15, -0.1) is 0 Å². The van der Waals surface area contributed by atoms with E-state index in [1.54, 1.807) is 24.5 Å². The number of nitrogens with zero attached hydrogens (tertiary/aromatic N) is 5. The van der Waals surface area contributed by atoms with E-state index < -0.39 is 0 Å². The second kappa shape index (κ2) is 4.51. The van der Waals surface area contributed by atoms with Crippen LogP contribution in [0.1, 0.15) is 5.56 Å². The molecule has 0 aromatic carbocycles. The van der Waals surface area contributed by atoms with Crippen LogP contribution in [0.3, 0.4) is 0 Å². The van der Waals surface area contributed by atoms with Gasteiger partial charge in [0.2, 0.25) is 5.88 Å². The zero-order chi connectivity index (χ0) is 13.4. The number of rotatable bonds is 2. The summed E-state index contributed by atoms with van der Waals surface area (Å²) in [6, 6.07) is 3.32. The fourth-order valence-electron chi connectivity index (χ4n) is 1.77. The molecule has 0 aliphatic rings. The molecule has 3 aromatic rings. The average molecular weight is 273 g/mol. The highest BCUT2D eigenvalue weighted by molar-refractivity contribution is 7.98. The lowest BCUT2D eigenvalue weighted by atomic mass is 10.3. The Balaban J connectivity index is 2.21. The summed E-state index contributed by atoms with van der Waals surface area (Å²) in [5.41, 5.74) is 2.81. The van der Waals surface area contributed by atoms with E-state index >= 15 is 0 Å². The Morgan fingerprint density at radius 3 is 2.89 bits per heavy atom. The molecule has 0 atom stereocenters. The van der Waals surface area contributed by atoms with Crippen molar-refractivity contribution >= 4 is 17.4 Å². The third-order valence-electron chi connectivity index (χ3n) is 2.71. The highest BCUT2D eigenvalue weighted by atomic mass is 32.2. The Bertz CT molecular complexity index is 755. The number of thioether (sulfide) groups is 1. The molecule has 0 unspecified atom stereocenters. The third-order valence-corrected chi connectivity index (χ3v) is 3.27. The number of aryl methyl sites for hydroxylation is 1. The maximum atomic E-state index is 9.97. The lowest BCUT2D eigenvalue weighted by Crippen LogP contribution is -1.96. The molecule has 19 heavy (non-hydrogen) atoms. The van der Waals surface area contributed by atoms with Gasteiger partial charge in [-0.1, -0.05) is 11.8 Å². The van der Waals surface area contributed by atoms with Gasteiger partial charge in [0.05, 0.1) is 17.6 Å². The molecule has 0 saturated carbocycles. The van der Waals surface area contributed by atoms with Crippen molar-refractivity contribution in [3.63, 3.8) is 0 Å². The fourth-order valence-corrected chi connectivity index (χ4v) is 2.13. The van der Waals surface area contributed by atoms with Crippen LogP contribution in [0.2, 0.25) is 0 Å². The van der Waals surface area contributed by atoms with Gasteiger partial charge in [-0.2, -0.15) is 9.61 Å². The molecule has 0 radical (unpaired) electrons. The van der Waals surface area contributed by atoms with E-state index in [2.05, 4.69) is 20.1 Å². The predicted molar refractivity (Wildman–Crippen MR) is 72.2 cm³/mol. The van der Waals surface area contributed by atoms with Crippen molar-refractivity contribution in [2.24, 2.45) is 0 Å². The van der Waals surface area contributed by atoms with Crippen LogP contribution >= 0.6 is 11.8 Å². The minimum absolute atomic E-state index is 0.0393. The molecule has 3 heterocycles. The summed E-state index contributed by atoms with van der Waals surface area (Å²) >= 11 is 1.46. The van der Waals surface area contributed by atoms with E-state index in [1.807, 2.05) is 13.2 Å². The molecule has 0 aliphatic carbocycles. The van der Waals surface area contributed by atoms with Crippen LogP contribution in [0, 0.1) is 6.92 Å². The maximum absolute atomic E-state index is 9.97. The van der Waals surface area contributed by atoms with Crippen molar-refractivity contribution in [2.75, 3.05) is 6.26 Å². The monoisotopic (exact) mass is 273 g/mol. The highest BCUT2D eigenvalue weighted by Crippen LogP contribution is 2.23. The van der Waals surface area contributed by atoms with Gasteiger partial charge in [-0.25, -0.2) is 15.0 Å². The second-order valence-electron chi connectivity index (χ2n) is 3.99. The Hall–Kier alpha value is -2.15. The molecule has 7 heteroatoms. The van der Waals surface area contributed by atoms with Gasteiger partial charge in [0.1, 0.15) is 0 Å². The van der Waals surface area contributed by atoms with Gasteiger partial charge in [0.25, 0.3) is 0 Å². The largest absolute Gasteiger partial charge is 0.493 e. The topological polar surface area (TPSA) is 76.2 Å². The molecule has 3 aromatic heterocycles. The Morgan fingerprint density at radius 1 is 1.26 bits per heavy atom. The summed E-state index contributed by atoms with van der Waals surface area (Å²) in [5, 5.41) is 14.7. The van der Waals surface area contributed by atoms with Gasteiger partial charge in [-0.3, -0.25) is 0 Å². The van der Waals surface area contributed by atoms with Crippen LogP contribution in [-0.4, -0.2) is 35.9 Å². The van der Waals surface area contributed by atoms with Crippen LogP contribution < -0.4 is 0 Å². The van der Waals surface area contributed by atoms with Crippen molar-refractivity contribution in [1.29, 1.82) is 0 Å². The van der Waals surface area contributed by atoms with Crippen molar-refractivity contribution in [2.45, 2.75) is 12.1 Å². The molecule has 3 rings (SSSR count). The molecular formula is C12H11N5OS. The first-order valence-electron chi connectivity index (χ1n) is 5.61. The summed E-state index contributed by atoms with van der Waals surface area (Å²) in [6.45, 7) is 1.89. The molecule has 0 fully saturated rings. The van der Waals surface area contributed by atoms with Gasteiger partial charge >= 0.3 is 0 Å². The summed E-state index contributed by atoms with van der Waals surface area (Å²) < 4.78 is 1.40. The van der Waals surface area contributed by atoms with E-state index in [0.717, 1.165) is 5.56 Å². The number of aromatic nitrogens is 5. The fraction of sp³-hybridized carbons (Fsp3) is 0.167. The first-order valence-corrected chi connectivity index (χ1v) is 6.83. The van der Waals surface area contributed by atoms with E-state index in [1.165, 1.54) is 16.3 Å². The first-order chi connectivity index (χ1) is 9.19. The second-order valence-corrected chi connectivity index (χ2v) is 4.76. The summed E-state index contributed by atoms with van der Waals surface area (Å²) in [6.07, 6.45) is 5.26. The molecule has 0 bridgehead atoms. The van der Waals surface area contributed by atoms with Crippen molar-refractivity contribution in [3.05, 3.63) is 30.1 Å². The van der Waals surface area contributed by atoms with Crippen molar-refractivity contribution in [3.8, 4) is 17.3 Å². The molecule has 96 valence electrons. The van der Waals surface area contributed by atoms with Crippen LogP contribution in [-0.2, 0) is 0 Å². The Kier molecular flexibility index (Phi) is 2.83. The van der Waals surface area contributed by atoms with Gasteiger partial charge < -0.3 is 5.11 Å². The Morgan fingerprint density at radius 2 is 2.11 bits per heavy atom. The average Bonchev–Trinajstić information content (AvgIpc) is 2.81. The SMILES string of the molecule is CSc1nccc(-c2cc(O)n3ncc(C)c3n2)n1. The predicted octanol–water partition coefficient (Wildman–Crippen LogP) is 1.92. The van der Waals surface area contributed by atoms with Crippen LogP contribution in [0.5, 0.6) is 5.88 Å². The zero-order valence-electron chi connectivity index (χ0n) is 10.4. The lowest BCUT2D eigenvalue weighted by Gasteiger charge is -2.04. The summed E-state index contributed by atoms with van der Waals surface area (Å²) in [4.78, 5) is 13.0. The van der Waals surface area contributed by atoms with Crippen molar-refractivity contribution < 1.29 is 5.11 Å². The zero-order valence-corrected chi connectivity index (χ0v) is 11.2. The lowest BCUT2D eigenvalue weighted by molar-refractivity contribution is 0.435. The third kappa shape index (κ3) is 2.01. The molecule has 0 aliphatic heterocycles. The maximum Gasteiger partial charge on any atom is 0.216 e. The van der Waals surface area contributed by atoms with Crippen LogP contribution in [0.15, 0.2) is 29.7 Å². The normalized spacial score (nSPS) is 11.1. The quantitative estimate of drug-likeness (QED) is 0.568. The molecule has 1 N–H and O–H groups in total. The molecular weight excluding hydrogens is 262 g/mol. The van der Waals surface area contributed by atoms with E-state index in [4.69, 9.17) is 0 Å². The minimum atomic E-state index is 0.0393. The minimum Gasteiger partial charge on any atom is -0.493 e. The van der Waals surface area contributed by atoms with E-state index in [9.17, 15) is 5.11 Å². The van der Waals surface area contributed by atoms with E-state index in [0.29, 0.717) is 22.2 Å². The first kappa shape index (κ1) is 11.9.